The number of carbonyl (C=O) groups is 4. The molecule has 3 N–H and O–H groups in total. The number of hydrogen-bond acceptors (Lipinski definition) is 6. The minimum Gasteiger partial charge on any atom is -0.482 e. The highest BCUT2D eigenvalue weighted by Gasteiger charge is 2.37. The Morgan fingerprint density at radius 3 is 2.52 bits per heavy atom. The van der Waals surface area contributed by atoms with Crippen molar-refractivity contribution in [2.75, 3.05) is 6.61 Å². The molecule has 1 atom stereocenters. The zero-order chi connectivity index (χ0) is 22.4. The molecule has 9 heteroatoms. The van der Waals surface area contributed by atoms with Crippen molar-refractivity contribution >= 4 is 23.8 Å². The third-order valence-electron chi connectivity index (χ3n) is 4.88. The van der Waals surface area contributed by atoms with Crippen LogP contribution < -0.4 is 10.5 Å². The third kappa shape index (κ3) is 5.39. The van der Waals surface area contributed by atoms with Crippen molar-refractivity contribution in [2.24, 2.45) is 5.73 Å². The molecule has 0 saturated heterocycles. The number of nitrogens with two attached hydrogens (primary N) is 1. The first-order valence-corrected chi connectivity index (χ1v) is 9.63. The van der Waals surface area contributed by atoms with Gasteiger partial charge in [-0.15, -0.1) is 0 Å². The standard InChI is InChI=1S/C22H22N2O7/c23-21(28)17(9-10-19(25)26)24-11-16-15(22(24)29)7-4-8-18(16)30-13-20(27)31-12-14-5-2-1-3-6-14/h1-8,17H,9-13H2,(H2,23,28)(H,25,26). The van der Waals surface area contributed by atoms with E-state index < -0.39 is 29.8 Å². The van der Waals surface area contributed by atoms with E-state index in [-0.39, 0.29) is 32.6 Å². The Labute approximate surface area is 178 Å². The molecule has 31 heavy (non-hydrogen) atoms. The van der Waals surface area contributed by atoms with Crippen molar-refractivity contribution in [3.8, 4) is 5.75 Å². The van der Waals surface area contributed by atoms with Crippen molar-refractivity contribution in [1.82, 2.24) is 4.90 Å². The fraction of sp³-hybridized carbons (Fsp3) is 0.273. The van der Waals surface area contributed by atoms with E-state index in [4.69, 9.17) is 20.3 Å². The van der Waals surface area contributed by atoms with Gasteiger partial charge in [-0.3, -0.25) is 14.4 Å². The SMILES string of the molecule is NC(=O)C(CCC(=O)O)N1Cc2c(OCC(=O)OCc3ccccc3)cccc2C1=O. The molecule has 2 aromatic rings. The number of rotatable bonds is 10. The molecule has 0 bridgehead atoms. The molecule has 1 unspecified atom stereocenters. The molecular formula is C22H22N2O7. The molecule has 0 saturated carbocycles. The van der Waals surface area contributed by atoms with Crippen molar-refractivity contribution in [3.05, 3.63) is 65.2 Å². The number of nitrogens with zero attached hydrogens (tertiary/aromatic N) is 1. The van der Waals surface area contributed by atoms with Gasteiger partial charge >= 0.3 is 11.9 Å². The second-order valence-electron chi connectivity index (χ2n) is 7.00. The molecule has 162 valence electrons. The van der Waals surface area contributed by atoms with Gasteiger partial charge in [-0.05, 0) is 24.1 Å². The highest BCUT2D eigenvalue weighted by atomic mass is 16.6. The average molecular weight is 426 g/mol. The number of carboxylic acid groups (broad SMARTS) is 1. The number of primary amides is 1. The Balaban J connectivity index is 1.65. The fourth-order valence-corrected chi connectivity index (χ4v) is 3.34. The van der Waals surface area contributed by atoms with Gasteiger partial charge in [0.05, 0.1) is 6.54 Å². The Hall–Kier alpha value is -3.88. The van der Waals surface area contributed by atoms with Gasteiger partial charge in [-0.1, -0.05) is 36.4 Å². The summed E-state index contributed by atoms with van der Waals surface area (Å²) in [5.74, 6) is -2.57. The van der Waals surface area contributed by atoms with Crippen molar-refractivity contribution in [3.63, 3.8) is 0 Å². The van der Waals surface area contributed by atoms with Gasteiger partial charge in [0.1, 0.15) is 18.4 Å². The summed E-state index contributed by atoms with van der Waals surface area (Å²) < 4.78 is 10.7. The zero-order valence-electron chi connectivity index (χ0n) is 16.7. The number of ether oxygens (including phenoxy) is 2. The van der Waals surface area contributed by atoms with Crippen LogP contribution in [-0.4, -0.2) is 46.4 Å². The molecule has 1 heterocycles. The van der Waals surface area contributed by atoms with Crippen molar-refractivity contribution in [2.45, 2.75) is 32.0 Å². The second kappa shape index (κ2) is 9.75. The molecule has 0 aliphatic carbocycles. The fourth-order valence-electron chi connectivity index (χ4n) is 3.34. The summed E-state index contributed by atoms with van der Waals surface area (Å²) in [6.45, 7) is -0.210. The highest BCUT2D eigenvalue weighted by molar-refractivity contribution is 6.01. The summed E-state index contributed by atoms with van der Waals surface area (Å²) in [5, 5.41) is 8.89. The van der Waals surface area contributed by atoms with Crippen LogP contribution in [0.4, 0.5) is 0 Å². The Morgan fingerprint density at radius 1 is 1.10 bits per heavy atom. The van der Waals surface area contributed by atoms with Crippen LogP contribution in [0.15, 0.2) is 48.5 Å². The smallest absolute Gasteiger partial charge is 0.344 e. The second-order valence-corrected chi connectivity index (χ2v) is 7.00. The molecule has 0 aromatic heterocycles. The summed E-state index contributed by atoms with van der Waals surface area (Å²) in [5.41, 5.74) is 7.06. The van der Waals surface area contributed by atoms with E-state index in [9.17, 15) is 19.2 Å². The first kappa shape index (κ1) is 21.8. The molecule has 2 amide bonds. The zero-order valence-corrected chi connectivity index (χ0v) is 16.7. The summed E-state index contributed by atoms with van der Waals surface area (Å²) in [6, 6.07) is 12.9. The summed E-state index contributed by atoms with van der Waals surface area (Å²) in [6.07, 6.45) is -0.392. The van der Waals surface area contributed by atoms with E-state index in [1.807, 2.05) is 30.3 Å². The molecule has 0 fully saturated rings. The summed E-state index contributed by atoms with van der Waals surface area (Å²) in [7, 11) is 0. The van der Waals surface area contributed by atoms with Gasteiger partial charge < -0.3 is 25.2 Å². The lowest BCUT2D eigenvalue weighted by Gasteiger charge is -2.24. The van der Waals surface area contributed by atoms with Gasteiger partial charge in [-0.25, -0.2) is 4.79 Å². The summed E-state index contributed by atoms with van der Waals surface area (Å²) in [4.78, 5) is 48.7. The molecule has 0 radical (unpaired) electrons. The van der Waals surface area contributed by atoms with E-state index in [1.165, 1.54) is 4.90 Å². The molecule has 3 rings (SSSR count). The van der Waals surface area contributed by atoms with Crippen LogP contribution in [0.25, 0.3) is 0 Å². The topological polar surface area (TPSA) is 136 Å². The largest absolute Gasteiger partial charge is 0.482 e. The minimum absolute atomic E-state index is 0.0244. The normalized spacial score (nSPS) is 13.4. The van der Waals surface area contributed by atoms with Crippen LogP contribution in [0.3, 0.4) is 0 Å². The van der Waals surface area contributed by atoms with E-state index >= 15 is 0 Å². The molecular weight excluding hydrogens is 404 g/mol. The van der Waals surface area contributed by atoms with Crippen LogP contribution in [-0.2, 0) is 32.3 Å². The van der Waals surface area contributed by atoms with Crippen LogP contribution in [0.5, 0.6) is 5.75 Å². The van der Waals surface area contributed by atoms with Crippen molar-refractivity contribution in [1.29, 1.82) is 0 Å². The number of carboxylic acids is 1. The molecule has 1 aliphatic rings. The molecule has 0 spiro atoms. The monoisotopic (exact) mass is 426 g/mol. The van der Waals surface area contributed by atoms with Gasteiger partial charge in [0.15, 0.2) is 6.61 Å². The lowest BCUT2D eigenvalue weighted by atomic mass is 10.1. The molecule has 2 aromatic carbocycles. The minimum atomic E-state index is -1.09. The maximum atomic E-state index is 12.8. The van der Waals surface area contributed by atoms with Crippen LogP contribution in [0, 0.1) is 0 Å². The van der Waals surface area contributed by atoms with Gasteiger partial charge in [0.2, 0.25) is 5.91 Å². The van der Waals surface area contributed by atoms with Gasteiger partial charge in [0, 0.05) is 17.5 Å². The summed E-state index contributed by atoms with van der Waals surface area (Å²) >= 11 is 0. The van der Waals surface area contributed by atoms with E-state index in [0.717, 1.165) is 5.56 Å². The van der Waals surface area contributed by atoms with E-state index in [2.05, 4.69) is 0 Å². The highest BCUT2D eigenvalue weighted by Crippen LogP contribution is 2.33. The number of fused-ring (bicyclic) bond motifs is 1. The van der Waals surface area contributed by atoms with Crippen LogP contribution in [0.2, 0.25) is 0 Å². The van der Waals surface area contributed by atoms with Gasteiger partial charge in [0.25, 0.3) is 5.91 Å². The van der Waals surface area contributed by atoms with E-state index in [1.54, 1.807) is 18.2 Å². The number of aliphatic carboxylic acids is 1. The third-order valence-corrected chi connectivity index (χ3v) is 4.88. The first-order chi connectivity index (χ1) is 14.9. The maximum Gasteiger partial charge on any atom is 0.344 e. The first-order valence-electron chi connectivity index (χ1n) is 9.63. The number of amides is 2. The Kier molecular flexibility index (Phi) is 6.86. The number of benzene rings is 2. The van der Waals surface area contributed by atoms with Gasteiger partial charge in [-0.2, -0.15) is 0 Å². The average Bonchev–Trinajstić information content (AvgIpc) is 3.08. The lowest BCUT2D eigenvalue weighted by Crippen LogP contribution is -2.45. The predicted octanol–water partition coefficient (Wildman–Crippen LogP) is 1.48. The number of esters is 1. The number of carbonyl (C=O) groups excluding carboxylic acids is 3. The lowest BCUT2D eigenvalue weighted by molar-refractivity contribution is -0.147. The van der Waals surface area contributed by atoms with Crippen LogP contribution in [0.1, 0.15) is 34.3 Å². The Bertz CT molecular complexity index is 991. The Morgan fingerprint density at radius 2 is 1.84 bits per heavy atom. The quantitative estimate of drug-likeness (QED) is 0.549. The predicted molar refractivity (Wildman–Crippen MR) is 108 cm³/mol. The molecule has 9 nitrogen and oxygen atoms in total. The molecule has 1 aliphatic heterocycles. The van der Waals surface area contributed by atoms with E-state index in [0.29, 0.717) is 16.9 Å². The maximum absolute atomic E-state index is 12.8. The van der Waals surface area contributed by atoms with Crippen LogP contribution >= 0.6 is 0 Å². The van der Waals surface area contributed by atoms with Crippen molar-refractivity contribution < 1.29 is 33.8 Å². The number of hydrogen-bond donors (Lipinski definition) is 2.